The number of carbonyl (C=O) groups excluding carboxylic acids is 1. The second-order valence-electron chi connectivity index (χ2n) is 1.35. The van der Waals surface area contributed by atoms with Crippen molar-refractivity contribution in [3.8, 4) is 0 Å². The number of ether oxygens (including phenoxy) is 2. The number of methoxy groups -OCH3 is 1. The monoisotopic (exact) mass is 180 g/mol. The maximum Gasteiger partial charge on any atom is 0.303 e. The van der Waals surface area contributed by atoms with Gasteiger partial charge in [-0.2, -0.15) is 0 Å². The molecule has 0 fully saturated rings. The first-order chi connectivity index (χ1) is 4.66. The van der Waals surface area contributed by atoms with Crippen molar-refractivity contribution in [2.75, 3.05) is 13.0 Å². The first kappa shape index (κ1) is 9.71. The van der Waals surface area contributed by atoms with Crippen LogP contribution in [0.25, 0.3) is 0 Å². The normalized spacial score (nSPS) is 8.60. The summed E-state index contributed by atoms with van der Waals surface area (Å²) >= 11 is 5.83. The van der Waals surface area contributed by atoms with Crippen LogP contribution in [-0.2, 0) is 14.3 Å². The number of carbonyl (C=O) groups is 1. The van der Waals surface area contributed by atoms with Gasteiger partial charge in [0.05, 0.1) is 7.11 Å². The molecule has 0 amide bonds. The molecule has 58 valence electrons. The summed E-state index contributed by atoms with van der Waals surface area (Å²) in [5, 5.41) is 0. The Morgan fingerprint density at radius 1 is 1.70 bits per heavy atom. The fraction of sp³-hybridized carbons (Fsp3) is 0.600. The maximum absolute atomic E-state index is 10.2. The van der Waals surface area contributed by atoms with Gasteiger partial charge in [-0.1, -0.05) is 0 Å². The lowest BCUT2D eigenvalue weighted by molar-refractivity contribution is -0.138. The second-order valence-corrected chi connectivity index (χ2v) is 2.88. The molecule has 5 heteroatoms. The van der Waals surface area contributed by atoms with Crippen LogP contribution < -0.4 is 0 Å². The van der Waals surface area contributed by atoms with Crippen LogP contribution in [0.3, 0.4) is 0 Å². The third-order valence-electron chi connectivity index (χ3n) is 0.606. The summed E-state index contributed by atoms with van der Waals surface area (Å²) in [6.07, 6.45) is 0. The third kappa shape index (κ3) is 5.84. The van der Waals surface area contributed by atoms with Crippen molar-refractivity contribution in [2.24, 2.45) is 0 Å². The standard InChI is InChI=1S/C5H8O3S2/c1-4(6)8-3-10-5(9)7-2/h3H2,1-2H3. The minimum Gasteiger partial charge on any atom is -0.482 e. The summed E-state index contributed by atoms with van der Waals surface area (Å²) in [6.45, 7) is 1.34. The van der Waals surface area contributed by atoms with Crippen LogP contribution in [0.4, 0.5) is 0 Å². The molecule has 0 aromatic rings. The van der Waals surface area contributed by atoms with E-state index in [2.05, 4.69) is 21.7 Å². The van der Waals surface area contributed by atoms with Gasteiger partial charge in [-0.3, -0.25) is 4.79 Å². The molecule has 0 radical (unpaired) electrons. The fourth-order valence-corrected chi connectivity index (χ4v) is 0.803. The second kappa shape index (κ2) is 5.49. The van der Waals surface area contributed by atoms with E-state index in [1.807, 2.05) is 0 Å². The highest BCUT2D eigenvalue weighted by Gasteiger charge is 1.96. The van der Waals surface area contributed by atoms with Crippen LogP contribution in [0.2, 0.25) is 0 Å². The van der Waals surface area contributed by atoms with Gasteiger partial charge in [0.2, 0.25) is 4.38 Å². The molecule has 10 heavy (non-hydrogen) atoms. The quantitative estimate of drug-likeness (QED) is 0.362. The Labute approximate surface area is 69.1 Å². The predicted molar refractivity (Wildman–Crippen MR) is 43.8 cm³/mol. The van der Waals surface area contributed by atoms with E-state index in [1.165, 1.54) is 25.8 Å². The number of thiocarbonyl (C=S) groups is 1. The van der Waals surface area contributed by atoms with Crippen molar-refractivity contribution < 1.29 is 14.3 Å². The van der Waals surface area contributed by atoms with Crippen molar-refractivity contribution in [2.45, 2.75) is 6.92 Å². The van der Waals surface area contributed by atoms with Crippen molar-refractivity contribution in [3.05, 3.63) is 0 Å². The minimum atomic E-state index is -0.314. The molecule has 0 aliphatic rings. The van der Waals surface area contributed by atoms with E-state index in [-0.39, 0.29) is 11.9 Å². The fourth-order valence-electron chi connectivity index (χ4n) is 0.219. The number of rotatable bonds is 2. The molecule has 0 aliphatic heterocycles. The SMILES string of the molecule is COC(=S)SCOC(C)=O. The average Bonchev–Trinajstić information content (AvgIpc) is 1.87. The molecular weight excluding hydrogens is 172 g/mol. The van der Waals surface area contributed by atoms with E-state index < -0.39 is 0 Å². The molecule has 0 aliphatic carbocycles. The Kier molecular flexibility index (Phi) is 5.33. The summed E-state index contributed by atoms with van der Waals surface area (Å²) in [5.74, 6) is -0.0893. The zero-order valence-corrected chi connectivity index (χ0v) is 7.38. The molecule has 0 aromatic heterocycles. The van der Waals surface area contributed by atoms with Gasteiger partial charge in [0.15, 0.2) is 0 Å². The van der Waals surface area contributed by atoms with E-state index in [0.29, 0.717) is 4.38 Å². The molecule has 3 nitrogen and oxygen atoms in total. The first-order valence-corrected chi connectivity index (χ1v) is 3.90. The number of hydrogen-bond donors (Lipinski definition) is 0. The van der Waals surface area contributed by atoms with Crippen LogP contribution in [0.1, 0.15) is 6.92 Å². The predicted octanol–water partition coefficient (Wildman–Crippen LogP) is 1.17. The zero-order valence-electron chi connectivity index (χ0n) is 5.75. The summed E-state index contributed by atoms with van der Waals surface area (Å²) < 4.78 is 9.58. The van der Waals surface area contributed by atoms with Crippen LogP contribution in [0.5, 0.6) is 0 Å². The van der Waals surface area contributed by atoms with Crippen molar-refractivity contribution in [1.82, 2.24) is 0 Å². The molecule has 0 spiro atoms. The van der Waals surface area contributed by atoms with Gasteiger partial charge >= 0.3 is 5.97 Å². The van der Waals surface area contributed by atoms with Gasteiger partial charge < -0.3 is 9.47 Å². The molecule has 0 bridgehead atoms. The smallest absolute Gasteiger partial charge is 0.303 e. The van der Waals surface area contributed by atoms with E-state index >= 15 is 0 Å². The molecule has 0 rings (SSSR count). The summed E-state index contributed by atoms with van der Waals surface area (Å²) in [5.41, 5.74) is 0. The summed E-state index contributed by atoms with van der Waals surface area (Å²) in [4.78, 5) is 10.2. The molecule has 0 aromatic carbocycles. The number of esters is 1. The third-order valence-corrected chi connectivity index (χ3v) is 1.76. The van der Waals surface area contributed by atoms with Gasteiger partial charge in [0.1, 0.15) is 5.94 Å². The highest BCUT2D eigenvalue weighted by atomic mass is 32.2. The Balaban J connectivity index is 3.20. The van der Waals surface area contributed by atoms with Crippen LogP contribution in [-0.4, -0.2) is 23.4 Å². The summed E-state index contributed by atoms with van der Waals surface area (Å²) in [6, 6.07) is 0. The summed E-state index contributed by atoms with van der Waals surface area (Å²) in [7, 11) is 1.48. The molecule has 0 atom stereocenters. The van der Waals surface area contributed by atoms with Crippen LogP contribution >= 0.6 is 24.0 Å². The van der Waals surface area contributed by atoms with E-state index in [4.69, 9.17) is 0 Å². The van der Waals surface area contributed by atoms with Crippen molar-refractivity contribution in [1.29, 1.82) is 0 Å². The molecule has 0 unspecified atom stereocenters. The topological polar surface area (TPSA) is 35.5 Å². The lowest BCUT2D eigenvalue weighted by atomic mass is 10.8. The van der Waals surface area contributed by atoms with Gasteiger partial charge in [-0.15, -0.1) is 0 Å². The van der Waals surface area contributed by atoms with Crippen LogP contribution in [0.15, 0.2) is 0 Å². The van der Waals surface area contributed by atoms with Gasteiger partial charge in [0, 0.05) is 6.92 Å². The Bertz CT molecular complexity index is 135. The molecular formula is C5H8O3S2. The minimum absolute atomic E-state index is 0.224. The van der Waals surface area contributed by atoms with Gasteiger partial charge in [0.25, 0.3) is 0 Å². The first-order valence-electron chi connectivity index (χ1n) is 2.51. The zero-order chi connectivity index (χ0) is 7.98. The van der Waals surface area contributed by atoms with Gasteiger partial charge in [-0.05, 0) is 24.0 Å². The van der Waals surface area contributed by atoms with E-state index in [1.54, 1.807) is 0 Å². The molecule has 0 N–H and O–H groups in total. The Morgan fingerprint density at radius 2 is 2.30 bits per heavy atom. The van der Waals surface area contributed by atoms with Crippen LogP contribution in [0, 0.1) is 0 Å². The highest BCUT2D eigenvalue weighted by molar-refractivity contribution is 8.22. The molecule has 0 saturated carbocycles. The maximum atomic E-state index is 10.2. The average molecular weight is 180 g/mol. The Hall–Kier alpha value is -0.290. The number of hydrogen-bond acceptors (Lipinski definition) is 5. The largest absolute Gasteiger partial charge is 0.482 e. The molecule has 0 heterocycles. The van der Waals surface area contributed by atoms with Crippen molar-refractivity contribution in [3.63, 3.8) is 0 Å². The number of thioether (sulfide) groups is 1. The van der Waals surface area contributed by atoms with Crippen molar-refractivity contribution >= 4 is 34.3 Å². The lowest BCUT2D eigenvalue weighted by Crippen LogP contribution is -2.00. The van der Waals surface area contributed by atoms with Gasteiger partial charge in [-0.25, -0.2) is 0 Å². The lowest BCUT2D eigenvalue weighted by Gasteiger charge is -2.00. The van der Waals surface area contributed by atoms with E-state index in [0.717, 1.165) is 0 Å². The molecule has 0 saturated heterocycles. The van der Waals surface area contributed by atoms with E-state index in [9.17, 15) is 4.79 Å². The highest BCUT2D eigenvalue weighted by Crippen LogP contribution is 2.04. The Morgan fingerprint density at radius 3 is 2.70 bits per heavy atom.